The average Bonchev–Trinajstić information content (AvgIpc) is 2.92. The topological polar surface area (TPSA) is 69.4 Å². The lowest BCUT2D eigenvalue weighted by atomic mass is 10.0. The molecule has 0 unspecified atom stereocenters. The number of rotatable bonds is 2. The van der Waals surface area contributed by atoms with Gasteiger partial charge in [0.2, 0.25) is 0 Å². The van der Waals surface area contributed by atoms with Gasteiger partial charge in [0.05, 0.1) is 24.1 Å². The fourth-order valence-corrected chi connectivity index (χ4v) is 5.14. The predicted molar refractivity (Wildman–Crippen MR) is 87.8 cm³/mol. The van der Waals surface area contributed by atoms with Crippen molar-refractivity contribution < 1.29 is 14.6 Å². The number of aryl methyl sites for hydroxylation is 1. The van der Waals surface area contributed by atoms with Crippen molar-refractivity contribution >= 4 is 22.6 Å². The molecule has 0 aromatic carbocycles. The smallest absolute Gasteiger partial charge is 0.163 e. The lowest BCUT2D eigenvalue weighted by molar-refractivity contribution is -0.163. The number of nitrogens with zero attached hydrogens (tertiary/aromatic N) is 3. The van der Waals surface area contributed by atoms with E-state index >= 15 is 0 Å². The van der Waals surface area contributed by atoms with Gasteiger partial charge in [-0.25, -0.2) is 9.97 Å². The summed E-state index contributed by atoms with van der Waals surface area (Å²) in [4.78, 5) is 8.55. The summed E-state index contributed by atoms with van der Waals surface area (Å²) in [6.45, 7) is 6.05. The largest absolute Gasteiger partial charge is 0.396 e. The molecule has 2 saturated carbocycles. The third-order valence-electron chi connectivity index (χ3n) is 5.99. The molecule has 0 spiro atoms. The summed E-state index contributed by atoms with van der Waals surface area (Å²) in [5.41, 5.74) is 1.71. The molecule has 5 rings (SSSR count). The number of ether oxygens (including phenoxy) is 2. The Balaban J connectivity index is 1.68. The first kappa shape index (κ1) is 15.1. The molecule has 0 bridgehead atoms. The summed E-state index contributed by atoms with van der Waals surface area (Å²) in [6, 6.07) is 2.11. The third kappa shape index (κ3) is 1.72. The van der Waals surface area contributed by atoms with Crippen LogP contribution in [0.2, 0.25) is 5.15 Å². The Morgan fingerprint density at radius 1 is 1.38 bits per heavy atom. The van der Waals surface area contributed by atoms with Crippen molar-refractivity contribution in [3.63, 3.8) is 0 Å². The highest BCUT2D eigenvalue weighted by Gasteiger charge is 2.75. The van der Waals surface area contributed by atoms with Gasteiger partial charge in [0.1, 0.15) is 23.2 Å². The molecule has 2 aromatic rings. The number of fused-ring (bicyclic) bond motifs is 4. The van der Waals surface area contributed by atoms with Crippen molar-refractivity contribution in [2.45, 2.75) is 51.2 Å². The molecule has 1 aliphatic heterocycles. The standard InChI is InChI=1S/C17H20ClN3O3/c1-8-4-9-14(18)19-7-20-15(9)21(8)11-10-5-17(10,6-22)13-12(11)23-16(2,3)24-13/h4,7,10-13,22H,5-6H2,1-3H3/t10-,11-,12+,13+,17+/m1/s1. The van der Waals surface area contributed by atoms with Crippen molar-refractivity contribution in [2.24, 2.45) is 11.3 Å². The highest BCUT2D eigenvalue weighted by atomic mass is 35.5. The molecule has 6 nitrogen and oxygen atoms in total. The third-order valence-corrected chi connectivity index (χ3v) is 6.29. The molecular weight excluding hydrogens is 330 g/mol. The van der Waals surface area contributed by atoms with Gasteiger partial charge in [-0.3, -0.25) is 0 Å². The first-order valence-corrected chi connectivity index (χ1v) is 8.70. The summed E-state index contributed by atoms with van der Waals surface area (Å²) < 4.78 is 14.6. The van der Waals surface area contributed by atoms with Crippen LogP contribution in [0.25, 0.3) is 11.0 Å². The molecule has 5 atom stereocenters. The van der Waals surface area contributed by atoms with Gasteiger partial charge in [-0.2, -0.15) is 0 Å². The van der Waals surface area contributed by atoms with E-state index < -0.39 is 5.79 Å². The minimum absolute atomic E-state index is 0.0818. The fourth-order valence-electron chi connectivity index (χ4n) is 4.95. The minimum atomic E-state index is -0.632. The van der Waals surface area contributed by atoms with E-state index in [0.29, 0.717) is 11.1 Å². The zero-order chi connectivity index (χ0) is 16.9. The highest BCUT2D eigenvalue weighted by molar-refractivity contribution is 6.33. The van der Waals surface area contributed by atoms with E-state index in [4.69, 9.17) is 21.1 Å². The van der Waals surface area contributed by atoms with Crippen LogP contribution in [0.4, 0.5) is 0 Å². The average molecular weight is 350 g/mol. The van der Waals surface area contributed by atoms with E-state index in [-0.39, 0.29) is 30.3 Å². The van der Waals surface area contributed by atoms with E-state index in [1.54, 1.807) is 0 Å². The Labute approximate surface area is 144 Å². The zero-order valence-corrected chi connectivity index (χ0v) is 14.6. The summed E-state index contributed by atoms with van der Waals surface area (Å²) in [7, 11) is 0. The Morgan fingerprint density at radius 2 is 2.17 bits per heavy atom. The maximum Gasteiger partial charge on any atom is 0.163 e. The van der Waals surface area contributed by atoms with Crippen LogP contribution < -0.4 is 0 Å². The molecule has 2 aliphatic carbocycles. The molecule has 7 heteroatoms. The molecule has 0 amide bonds. The van der Waals surface area contributed by atoms with Gasteiger partial charge in [-0.1, -0.05) is 11.6 Å². The molecule has 3 fully saturated rings. The van der Waals surface area contributed by atoms with Crippen LogP contribution in [-0.2, 0) is 9.47 Å². The van der Waals surface area contributed by atoms with Crippen molar-refractivity contribution in [1.82, 2.24) is 14.5 Å². The second-order valence-corrected chi connectivity index (χ2v) is 8.13. The highest BCUT2D eigenvalue weighted by Crippen LogP contribution is 2.71. The summed E-state index contributed by atoms with van der Waals surface area (Å²) in [6.07, 6.45) is 2.28. The van der Waals surface area contributed by atoms with E-state index in [9.17, 15) is 5.11 Å². The van der Waals surface area contributed by atoms with Crippen molar-refractivity contribution in [3.05, 3.63) is 23.2 Å². The van der Waals surface area contributed by atoms with Crippen LogP contribution in [0.5, 0.6) is 0 Å². The fraction of sp³-hybridized carbons (Fsp3) is 0.647. The summed E-state index contributed by atoms with van der Waals surface area (Å²) in [5.74, 6) is -0.302. The van der Waals surface area contributed by atoms with Gasteiger partial charge in [-0.15, -0.1) is 0 Å². The lowest BCUT2D eigenvalue weighted by Crippen LogP contribution is -2.33. The van der Waals surface area contributed by atoms with Gasteiger partial charge in [0, 0.05) is 11.1 Å². The molecular formula is C17H20ClN3O3. The second kappa shape index (κ2) is 4.49. The Kier molecular flexibility index (Phi) is 2.82. The van der Waals surface area contributed by atoms with Crippen LogP contribution in [0.15, 0.2) is 12.4 Å². The van der Waals surface area contributed by atoms with E-state index in [2.05, 4.69) is 21.5 Å². The van der Waals surface area contributed by atoms with Gasteiger partial charge < -0.3 is 19.1 Å². The maximum atomic E-state index is 10.0. The van der Waals surface area contributed by atoms with Gasteiger partial charge in [0.15, 0.2) is 5.79 Å². The van der Waals surface area contributed by atoms with E-state index in [1.165, 1.54) is 6.33 Å². The Bertz CT molecular complexity index is 851. The van der Waals surface area contributed by atoms with Crippen LogP contribution in [0.1, 0.15) is 32.0 Å². The van der Waals surface area contributed by atoms with Gasteiger partial charge in [0.25, 0.3) is 0 Å². The lowest BCUT2D eigenvalue weighted by Gasteiger charge is -2.25. The normalized spacial score (nSPS) is 39.2. The molecule has 1 N–H and O–H groups in total. The zero-order valence-electron chi connectivity index (χ0n) is 13.9. The number of hydrogen-bond donors (Lipinski definition) is 1. The first-order chi connectivity index (χ1) is 11.4. The Morgan fingerprint density at radius 3 is 2.92 bits per heavy atom. The Hall–Kier alpha value is -1.21. The maximum absolute atomic E-state index is 10.0. The SMILES string of the molecule is Cc1cc2c(Cl)ncnc2n1[C@H]1[C@@H]2OC(C)(C)O[C@@H]2[C@]2(CO)C[C@H]12. The van der Waals surface area contributed by atoms with Crippen LogP contribution in [-0.4, -0.2) is 44.2 Å². The molecule has 128 valence electrons. The van der Waals surface area contributed by atoms with Crippen LogP contribution >= 0.6 is 11.6 Å². The van der Waals surface area contributed by atoms with Crippen LogP contribution in [0.3, 0.4) is 0 Å². The molecule has 3 heterocycles. The monoisotopic (exact) mass is 349 g/mol. The molecule has 0 radical (unpaired) electrons. The minimum Gasteiger partial charge on any atom is -0.396 e. The summed E-state index contributed by atoms with van der Waals surface area (Å²) >= 11 is 6.25. The van der Waals surface area contributed by atoms with E-state index in [1.807, 2.05) is 19.9 Å². The van der Waals surface area contributed by atoms with Gasteiger partial charge in [-0.05, 0) is 39.2 Å². The summed E-state index contributed by atoms with van der Waals surface area (Å²) in [5, 5.41) is 11.4. The van der Waals surface area contributed by atoms with Crippen molar-refractivity contribution in [1.29, 1.82) is 0 Å². The molecule has 24 heavy (non-hydrogen) atoms. The number of hydrogen-bond acceptors (Lipinski definition) is 5. The first-order valence-electron chi connectivity index (χ1n) is 8.32. The second-order valence-electron chi connectivity index (χ2n) is 7.77. The van der Waals surface area contributed by atoms with Gasteiger partial charge >= 0.3 is 0 Å². The number of aliphatic hydroxyl groups is 1. The molecule has 1 saturated heterocycles. The van der Waals surface area contributed by atoms with Crippen molar-refractivity contribution in [2.75, 3.05) is 6.61 Å². The molecule has 3 aliphatic rings. The predicted octanol–water partition coefficient (Wildman–Crippen LogP) is 2.47. The van der Waals surface area contributed by atoms with Crippen molar-refractivity contribution in [3.8, 4) is 0 Å². The number of aliphatic hydroxyl groups excluding tert-OH is 1. The molecule has 2 aromatic heterocycles. The van der Waals surface area contributed by atoms with Crippen LogP contribution in [0, 0.1) is 18.3 Å². The number of aromatic nitrogens is 3. The van der Waals surface area contributed by atoms with E-state index in [0.717, 1.165) is 23.1 Å². The number of halogens is 1. The quantitative estimate of drug-likeness (QED) is 0.843.